The molecule has 1 aliphatic heterocycles. The van der Waals surface area contributed by atoms with Gasteiger partial charge in [0.15, 0.2) is 0 Å². The van der Waals surface area contributed by atoms with Gasteiger partial charge in [0.2, 0.25) is 0 Å². The van der Waals surface area contributed by atoms with Gasteiger partial charge in [-0.1, -0.05) is 30.3 Å². The quantitative estimate of drug-likeness (QED) is 0.669. The summed E-state index contributed by atoms with van der Waals surface area (Å²) in [4.78, 5) is 22.1. The van der Waals surface area contributed by atoms with E-state index in [1.165, 1.54) is 6.08 Å². The van der Waals surface area contributed by atoms with Crippen LogP contribution in [0.1, 0.15) is 5.56 Å². The van der Waals surface area contributed by atoms with E-state index in [1.807, 2.05) is 18.2 Å². The smallest absolute Gasteiger partial charge is 0.338 e. The predicted octanol–water partition coefficient (Wildman–Crippen LogP) is 1.64. The third-order valence-corrected chi connectivity index (χ3v) is 1.84. The van der Waals surface area contributed by atoms with Crippen LogP contribution in [-0.4, -0.2) is 11.9 Å². The second kappa shape index (κ2) is 4.44. The average Bonchev–Trinajstić information content (AvgIpc) is 2.42. The van der Waals surface area contributed by atoms with Gasteiger partial charge in [0.1, 0.15) is 0 Å². The number of hydrogen-bond acceptors (Lipinski definition) is 4. The first-order valence-electron chi connectivity index (χ1n) is 4.62. The lowest BCUT2D eigenvalue weighted by Gasteiger charge is -2.03. The largest absolute Gasteiger partial charge is 0.389 e. The summed E-state index contributed by atoms with van der Waals surface area (Å²) in [6, 6.07) is 9.10. The Labute approximate surface area is 91.8 Å². The zero-order valence-electron chi connectivity index (χ0n) is 8.25. The maximum absolute atomic E-state index is 11.0. The van der Waals surface area contributed by atoms with E-state index in [-0.39, 0.29) is 5.95 Å². The van der Waals surface area contributed by atoms with E-state index in [0.717, 1.165) is 17.7 Å². The summed E-state index contributed by atoms with van der Waals surface area (Å²) in [7, 11) is 0. The molecule has 0 unspecified atom stereocenters. The number of carbonyl (C=O) groups is 2. The molecule has 4 heteroatoms. The molecule has 0 atom stereocenters. The number of cyclic esters (lactones) is 2. The second-order valence-electron chi connectivity index (χ2n) is 3.05. The Kier molecular flexibility index (Phi) is 2.82. The van der Waals surface area contributed by atoms with E-state index < -0.39 is 11.9 Å². The van der Waals surface area contributed by atoms with Gasteiger partial charge in [-0.25, -0.2) is 9.59 Å². The molecule has 0 N–H and O–H groups in total. The Hall–Kier alpha value is -2.36. The van der Waals surface area contributed by atoms with Crippen molar-refractivity contribution in [3.63, 3.8) is 0 Å². The van der Waals surface area contributed by atoms with Crippen molar-refractivity contribution < 1.29 is 19.1 Å². The molecule has 1 aromatic carbocycles. The maximum atomic E-state index is 11.0. The molecule has 0 fully saturated rings. The molecule has 0 bridgehead atoms. The number of ether oxygens (including phenoxy) is 2. The van der Waals surface area contributed by atoms with E-state index in [9.17, 15) is 9.59 Å². The number of carbonyl (C=O) groups excluding carboxylic acids is 2. The SMILES string of the molecule is O=C1C=CC(=O)OC(=Cc2ccccc2)O1. The zero-order chi connectivity index (χ0) is 11.4. The van der Waals surface area contributed by atoms with Crippen LogP contribution in [0.4, 0.5) is 0 Å². The first-order valence-corrected chi connectivity index (χ1v) is 4.62. The molecule has 0 saturated carbocycles. The van der Waals surface area contributed by atoms with Gasteiger partial charge in [-0.05, 0) is 5.56 Å². The highest BCUT2D eigenvalue weighted by Crippen LogP contribution is 2.12. The van der Waals surface area contributed by atoms with Gasteiger partial charge in [-0.15, -0.1) is 0 Å². The zero-order valence-corrected chi connectivity index (χ0v) is 8.25. The third-order valence-electron chi connectivity index (χ3n) is 1.84. The van der Waals surface area contributed by atoms with Crippen molar-refractivity contribution in [1.82, 2.24) is 0 Å². The summed E-state index contributed by atoms with van der Waals surface area (Å²) in [5.74, 6) is -1.38. The van der Waals surface area contributed by atoms with Crippen LogP contribution in [0.3, 0.4) is 0 Å². The highest BCUT2D eigenvalue weighted by atomic mass is 16.7. The van der Waals surface area contributed by atoms with Crippen molar-refractivity contribution in [2.45, 2.75) is 0 Å². The highest BCUT2D eigenvalue weighted by Gasteiger charge is 2.14. The summed E-state index contributed by atoms with van der Waals surface area (Å²) >= 11 is 0. The van der Waals surface area contributed by atoms with Crippen LogP contribution in [0, 0.1) is 0 Å². The molecule has 1 aliphatic rings. The van der Waals surface area contributed by atoms with Crippen molar-refractivity contribution in [1.29, 1.82) is 0 Å². The summed E-state index contributed by atoms with van der Waals surface area (Å²) in [5, 5.41) is 0. The van der Waals surface area contributed by atoms with Crippen LogP contribution < -0.4 is 0 Å². The van der Waals surface area contributed by atoms with Gasteiger partial charge in [-0.2, -0.15) is 0 Å². The fraction of sp³-hybridized carbons (Fsp3) is 0. The van der Waals surface area contributed by atoms with E-state index in [2.05, 4.69) is 0 Å². The normalized spacial score (nSPS) is 15.1. The number of rotatable bonds is 1. The van der Waals surface area contributed by atoms with E-state index >= 15 is 0 Å². The molecule has 0 aromatic heterocycles. The van der Waals surface area contributed by atoms with Crippen LogP contribution >= 0.6 is 0 Å². The van der Waals surface area contributed by atoms with E-state index in [0.29, 0.717) is 0 Å². The number of hydrogen-bond donors (Lipinski definition) is 0. The highest BCUT2D eigenvalue weighted by molar-refractivity contribution is 5.94. The summed E-state index contributed by atoms with van der Waals surface area (Å²) in [5.41, 5.74) is 0.778. The van der Waals surface area contributed by atoms with Crippen molar-refractivity contribution in [3.8, 4) is 0 Å². The van der Waals surface area contributed by atoms with Crippen LogP contribution in [-0.2, 0) is 19.1 Å². The minimum absolute atomic E-state index is 0.119. The minimum Gasteiger partial charge on any atom is -0.389 e. The first-order chi connectivity index (χ1) is 7.74. The number of benzene rings is 1. The molecule has 1 heterocycles. The summed E-state index contributed by atoms with van der Waals surface area (Å²) in [6.45, 7) is 0. The van der Waals surface area contributed by atoms with Crippen LogP contribution in [0.2, 0.25) is 0 Å². The Balaban J connectivity index is 2.24. The molecular formula is C12H8O4. The second-order valence-corrected chi connectivity index (χ2v) is 3.05. The van der Waals surface area contributed by atoms with Crippen molar-refractivity contribution in [3.05, 3.63) is 54.0 Å². The summed E-state index contributed by atoms with van der Waals surface area (Å²) < 4.78 is 9.56. The lowest BCUT2D eigenvalue weighted by Crippen LogP contribution is -2.02. The standard InChI is InChI=1S/C12H8O4/c13-10-6-7-11(14)16-12(15-10)8-9-4-2-1-3-5-9/h1-8H. The van der Waals surface area contributed by atoms with Gasteiger partial charge in [0.05, 0.1) is 0 Å². The Morgan fingerprint density at radius 3 is 2.00 bits per heavy atom. The average molecular weight is 216 g/mol. The molecule has 16 heavy (non-hydrogen) atoms. The lowest BCUT2D eigenvalue weighted by atomic mass is 10.2. The maximum Gasteiger partial charge on any atom is 0.338 e. The molecule has 0 saturated heterocycles. The monoisotopic (exact) mass is 216 g/mol. The van der Waals surface area contributed by atoms with Crippen molar-refractivity contribution in [2.75, 3.05) is 0 Å². The molecule has 0 aliphatic carbocycles. The molecule has 4 nitrogen and oxygen atoms in total. The van der Waals surface area contributed by atoms with Crippen molar-refractivity contribution >= 4 is 18.0 Å². The third kappa shape index (κ3) is 2.57. The first kappa shape index (κ1) is 10.2. The van der Waals surface area contributed by atoms with E-state index in [4.69, 9.17) is 9.47 Å². The summed E-state index contributed by atoms with van der Waals surface area (Å²) in [6.07, 6.45) is 3.52. The van der Waals surface area contributed by atoms with Crippen LogP contribution in [0.25, 0.3) is 6.08 Å². The molecule has 0 amide bonds. The predicted molar refractivity (Wildman–Crippen MR) is 55.7 cm³/mol. The molecule has 0 radical (unpaired) electrons. The Morgan fingerprint density at radius 2 is 1.44 bits per heavy atom. The van der Waals surface area contributed by atoms with Crippen LogP contribution in [0.15, 0.2) is 48.4 Å². The van der Waals surface area contributed by atoms with Gasteiger partial charge in [0.25, 0.3) is 5.95 Å². The number of esters is 2. The van der Waals surface area contributed by atoms with Gasteiger partial charge < -0.3 is 9.47 Å². The van der Waals surface area contributed by atoms with Crippen LogP contribution in [0.5, 0.6) is 0 Å². The van der Waals surface area contributed by atoms with Gasteiger partial charge >= 0.3 is 11.9 Å². The van der Waals surface area contributed by atoms with Gasteiger partial charge in [-0.3, -0.25) is 0 Å². The Morgan fingerprint density at radius 1 is 0.875 bits per heavy atom. The van der Waals surface area contributed by atoms with E-state index in [1.54, 1.807) is 12.1 Å². The molecule has 1 aromatic rings. The molecule has 2 rings (SSSR count). The molecular weight excluding hydrogens is 208 g/mol. The fourth-order valence-electron chi connectivity index (χ4n) is 1.17. The van der Waals surface area contributed by atoms with Crippen molar-refractivity contribution in [2.24, 2.45) is 0 Å². The topological polar surface area (TPSA) is 52.6 Å². The minimum atomic E-state index is -0.631. The lowest BCUT2D eigenvalue weighted by molar-refractivity contribution is -0.145. The Bertz CT molecular complexity index is 449. The van der Waals surface area contributed by atoms with Gasteiger partial charge in [0, 0.05) is 18.2 Å². The fourth-order valence-corrected chi connectivity index (χ4v) is 1.17. The molecule has 80 valence electrons. The molecule has 0 spiro atoms.